The molecule has 0 aromatic carbocycles. The first-order valence-corrected chi connectivity index (χ1v) is 9.42. The molecule has 1 unspecified atom stereocenters. The summed E-state index contributed by atoms with van der Waals surface area (Å²) in [5, 5.41) is 5.62. The zero-order valence-corrected chi connectivity index (χ0v) is 16.6. The minimum atomic E-state index is -1.28. The zero-order valence-electron chi connectivity index (χ0n) is 16.6. The van der Waals surface area contributed by atoms with Gasteiger partial charge in [0.1, 0.15) is 23.0 Å². The topological polar surface area (TPSA) is 100 Å². The third-order valence-electron chi connectivity index (χ3n) is 4.96. The zero-order chi connectivity index (χ0) is 20.6. The van der Waals surface area contributed by atoms with Crippen molar-refractivity contribution in [2.45, 2.75) is 25.9 Å². The molecule has 1 fully saturated rings. The number of hydrogen-bond acceptors (Lipinski definition) is 7. The number of rotatable bonds is 5. The molecule has 9 nitrogen and oxygen atoms in total. The number of nitrogens with zero attached hydrogens (tertiary/aromatic N) is 6. The summed E-state index contributed by atoms with van der Waals surface area (Å²) < 4.78 is 16.4. The van der Waals surface area contributed by atoms with Crippen molar-refractivity contribution in [2.24, 2.45) is 0 Å². The number of carbonyl (C=O) groups is 1. The van der Waals surface area contributed by atoms with Gasteiger partial charge in [-0.2, -0.15) is 0 Å². The Bertz CT molecular complexity index is 1050. The summed E-state index contributed by atoms with van der Waals surface area (Å²) in [6.07, 6.45) is 6.89. The lowest BCUT2D eigenvalue weighted by Gasteiger charge is -2.21. The average molecular weight is 398 g/mol. The van der Waals surface area contributed by atoms with Crippen molar-refractivity contribution >= 4 is 23.2 Å². The van der Waals surface area contributed by atoms with Crippen LogP contribution in [0.15, 0.2) is 24.8 Å². The Hall–Kier alpha value is -3.14. The van der Waals surface area contributed by atoms with Crippen LogP contribution in [0.25, 0.3) is 5.65 Å². The van der Waals surface area contributed by atoms with E-state index in [1.807, 2.05) is 29.3 Å². The van der Waals surface area contributed by atoms with Gasteiger partial charge in [0.15, 0.2) is 5.65 Å². The summed E-state index contributed by atoms with van der Waals surface area (Å²) in [5.41, 5.74) is 1.21. The van der Waals surface area contributed by atoms with Crippen LogP contribution in [-0.4, -0.2) is 62.6 Å². The Kier molecular flexibility index (Phi) is 4.87. The van der Waals surface area contributed by atoms with Crippen molar-refractivity contribution < 1.29 is 9.18 Å². The van der Waals surface area contributed by atoms with Gasteiger partial charge in [0, 0.05) is 25.7 Å². The Labute approximate surface area is 167 Å². The van der Waals surface area contributed by atoms with E-state index in [2.05, 4.69) is 30.6 Å². The third kappa shape index (κ3) is 3.88. The van der Waals surface area contributed by atoms with E-state index in [9.17, 15) is 9.18 Å². The first-order valence-electron chi connectivity index (χ1n) is 9.42. The van der Waals surface area contributed by atoms with Crippen LogP contribution >= 0.6 is 0 Å². The number of alkyl halides is 1. The fourth-order valence-electron chi connectivity index (χ4n) is 3.61. The number of aromatic nitrogens is 5. The first kappa shape index (κ1) is 19.2. The van der Waals surface area contributed by atoms with Crippen LogP contribution in [-0.2, 0) is 0 Å². The lowest BCUT2D eigenvalue weighted by atomic mass is 10.1. The van der Waals surface area contributed by atoms with Gasteiger partial charge < -0.3 is 19.9 Å². The van der Waals surface area contributed by atoms with Crippen LogP contribution in [0.4, 0.5) is 16.0 Å². The fraction of sp³-hybridized carbons (Fsp3) is 0.421. The van der Waals surface area contributed by atoms with Crippen LogP contribution in [0.5, 0.6) is 0 Å². The smallest absolute Gasteiger partial charge is 0.277 e. The van der Waals surface area contributed by atoms with Crippen LogP contribution in [0, 0.1) is 13.8 Å². The Morgan fingerprint density at radius 1 is 1.24 bits per heavy atom. The van der Waals surface area contributed by atoms with Crippen molar-refractivity contribution in [2.75, 3.05) is 36.9 Å². The molecule has 152 valence electrons. The highest BCUT2D eigenvalue weighted by atomic mass is 19.1. The second-order valence-corrected chi connectivity index (χ2v) is 7.39. The summed E-state index contributed by atoms with van der Waals surface area (Å²) in [5.74, 6) is 0.544. The maximum Gasteiger partial charge on any atom is 0.277 e. The van der Waals surface area contributed by atoms with Gasteiger partial charge in [-0.15, -0.1) is 0 Å². The molecule has 4 rings (SSSR count). The number of fused-ring (bicyclic) bond motifs is 1. The molecule has 0 radical (unpaired) electrons. The van der Waals surface area contributed by atoms with Crippen molar-refractivity contribution in [3.8, 4) is 0 Å². The maximum atomic E-state index is 14.6. The lowest BCUT2D eigenvalue weighted by Crippen LogP contribution is -2.38. The number of imidazole rings is 1. The van der Waals surface area contributed by atoms with E-state index in [1.54, 1.807) is 13.2 Å². The van der Waals surface area contributed by atoms with Crippen LogP contribution in [0.1, 0.15) is 28.3 Å². The normalized spacial score (nSPS) is 19.1. The number of nitrogens with one attached hydrogen (secondary N) is 2. The van der Waals surface area contributed by atoms with Gasteiger partial charge in [0.2, 0.25) is 0 Å². The molecule has 10 heteroatoms. The maximum absolute atomic E-state index is 14.6. The molecular weight excluding hydrogens is 375 g/mol. The van der Waals surface area contributed by atoms with Crippen LogP contribution < -0.4 is 15.5 Å². The number of hydrogen-bond donors (Lipinski definition) is 2. The monoisotopic (exact) mass is 398 g/mol. The number of carbonyl (C=O) groups excluding carboxylic acids is 1. The van der Waals surface area contributed by atoms with Gasteiger partial charge in [-0.3, -0.25) is 4.79 Å². The van der Waals surface area contributed by atoms with Gasteiger partial charge in [0.25, 0.3) is 5.91 Å². The molecule has 1 saturated heterocycles. The number of amides is 1. The van der Waals surface area contributed by atoms with Gasteiger partial charge in [0.05, 0.1) is 36.5 Å². The van der Waals surface area contributed by atoms with E-state index in [1.165, 1.54) is 12.4 Å². The Morgan fingerprint density at radius 2 is 2.07 bits per heavy atom. The number of aryl methyl sites for hydroxylation is 2. The third-order valence-corrected chi connectivity index (χ3v) is 4.96. The van der Waals surface area contributed by atoms with Gasteiger partial charge >= 0.3 is 0 Å². The highest BCUT2D eigenvalue weighted by Crippen LogP contribution is 2.28. The van der Waals surface area contributed by atoms with E-state index in [0.717, 1.165) is 11.3 Å². The molecule has 0 bridgehead atoms. The van der Waals surface area contributed by atoms with Crippen molar-refractivity contribution in [1.29, 1.82) is 0 Å². The second kappa shape index (κ2) is 7.36. The number of halogens is 1. The van der Waals surface area contributed by atoms with Gasteiger partial charge in [-0.25, -0.2) is 24.3 Å². The quantitative estimate of drug-likeness (QED) is 0.672. The van der Waals surface area contributed by atoms with E-state index in [-0.39, 0.29) is 12.2 Å². The molecular formula is C19H23FN8O. The molecule has 0 saturated carbocycles. The van der Waals surface area contributed by atoms with Crippen molar-refractivity contribution in [1.82, 2.24) is 29.7 Å². The summed E-state index contributed by atoms with van der Waals surface area (Å²) in [4.78, 5) is 31.6. The largest absolute Gasteiger partial charge is 0.352 e. The molecule has 0 spiro atoms. The fourth-order valence-corrected chi connectivity index (χ4v) is 3.61. The summed E-state index contributed by atoms with van der Waals surface area (Å²) >= 11 is 0. The molecule has 29 heavy (non-hydrogen) atoms. The molecule has 4 heterocycles. The average Bonchev–Trinajstić information content (AvgIpc) is 3.25. The van der Waals surface area contributed by atoms with E-state index in [4.69, 9.17) is 0 Å². The van der Waals surface area contributed by atoms with E-state index < -0.39 is 11.6 Å². The predicted molar refractivity (Wildman–Crippen MR) is 107 cm³/mol. The van der Waals surface area contributed by atoms with Crippen LogP contribution in [0.2, 0.25) is 0 Å². The summed E-state index contributed by atoms with van der Waals surface area (Å²) in [7, 11) is 1.74. The molecule has 1 aliphatic rings. The molecule has 3 aromatic rings. The highest BCUT2D eigenvalue weighted by molar-refractivity contribution is 6.02. The minimum Gasteiger partial charge on any atom is -0.352 e. The Balaban J connectivity index is 1.46. The SMILES string of the molecule is CNCC1(F)CCN(c2cnc(C(=O)Nc3cn4cc(C)nc4c(C)n3)cn2)C1. The summed E-state index contributed by atoms with van der Waals surface area (Å²) in [6.45, 7) is 4.84. The van der Waals surface area contributed by atoms with Gasteiger partial charge in [-0.05, 0) is 20.9 Å². The minimum absolute atomic E-state index is 0.163. The highest BCUT2D eigenvalue weighted by Gasteiger charge is 2.38. The summed E-state index contributed by atoms with van der Waals surface area (Å²) in [6, 6.07) is 0. The predicted octanol–water partition coefficient (Wildman–Crippen LogP) is 1.53. The van der Waals surface area contributed by atoms with Gasteiger partial charge in [-0.1, -0.05) is 0 Å². The van der Waals surface area contributed by atoms with Crippen molar-refractivity contribution in [3.63, 3.8) is 0 Å². The van der Waals surface area contributed by atoms with E-state index >= 15 is 0 Å². The first-order chi connectivity index (χ1) is 13.9. The molecule has 0 aliphatic carbocycles. The molecule has 3 aromatic heterocycles. The number of anilines is 2. The molecule has 1 atom stereocenters. The van der Waals surface area contributed by atoms with E-state index in [0.29, 0.717) is 36.8 Å². The lowest BCUT2D eigenvalue weighted by molar-refractivity contribution is 0.102. The second-order valence-electron chi connectivity index (χ2n) is 7.39. The standard InChI is InChI=1S/C19H23FN8O/c1-12-8-28-9-15(25-13(2)17(28)24-12)26-18(29)14-6-23-16(7-22-14)27-5-4-19(20,11-27)10-21-3/h6-9,21H,4-5,10-11H2,1-3H3,(H,26,29). The molecule has 1 aliphatic heterocycles. The van der Waals surface area contributed by atoms with Crippen molar-refractivity contribution in [3.05, 3.63) is 41.9 Å². The molecule has 1 amide bonds. The molecule has 2 N–H and O–H groups in total. The Morgan fingerprint density at radius 3 is 2.79 bits per heavy atom. The van der Waals surface area contributed by atoms with Crippen LogP contribution in [0.3, 0.4) is 0 Å².